The van der Waals surface area contributed by atoms with Crippen molar-refractivity contribution in [2.75, 3.05) is 13.6 Å². The summed E-state index contributed by atoms with van der Waals surface area (Å²) in [4.78, 5) is 14.1. The van der Waals surface area contributed by atoms with E-state index in [2.05, 4.69) is 69.4 Å². The lowest BCUT2D eigenvalue weighted by atomic mass is 9.83. The quantitative estimate of drug-likeness (QED) is 0.595. The number of benzene rings is 2. The van der Waals surface area contributed by atoms with E-state index in [-0.39, 0.29) is 0 Å². The van der Waals surface area contributed by atoms with Crippen molar-refractivity contribution >= 4 is 10.9 Å². The molecule has 0 fully saturated rings. The lowest BCUT2D eigenvalue weighted by molar-refractivity contribution is 0.295. The summed E-state index contributed by atoms with van der Waals surface area (Å²) in [5, 5.41) is 1.27. The Balaban J connectivity index is 1.59. The zero-order valence-corrected chi connectivity index (χ0v) is 14.7. The molecule has 3 heterocycles. The third-order valence-electron chi connectivity index (χ3n) is 5.31. The van der Waals surface area contributed by atoms with Crippen molar-refractivity contribution < 1.29 is 0 Å². The number of hydrogen-bond acceptors (Lipinski definition) is 3. The first kappa shape index (κ1) is 15.3. The smallest absolute Gasteiger partial charge is 0.116 e. The van der Waals surface area contributed by atoms with E-state index < -0.39 is 0 Å². The molecule has 1 aliphatic heterocycles. The minimum absolute atomic E-state index is 0.391. The van der Waals surface area contributed by atoms with Crippen molar-refractivity contribution in [2.24, 2.45) is 0 Å². The summed E-state index contributed by atoms with van der Waals surface area (Å²) >= 11 is 0. The summed E-state index contributed by atoms with van der Waals surface area (Å²) in [5.74, 6) is 0.391. The predicted octanol–water partition coefficient (Wildman–Crippen LogP) is 4.20. The minimum Gasteiger partial charge on any atom is -0.361 e. The average Bonchev–Trinajstić information content (AvgIpc) is 3.15. The second-order valence-electron chi connectivity index (χ2n) is 7.08. The number of nitrogens with one attached hydrogen (secondary N) is 1. The first-order chi connectivity index (χ1) is 12.8. The Morgan fingerprint density at radius 3 is 2.92 bits per heavy atom. The number of aromatic nitrogens is 3. The minimum atomic E-state index is 0.391. The largest absolute Gasteiger partial charge is 0.361 e. The molecule has 1 unspecified atom stereocenters. The molecule has 0 saturated carbocycles. The first-order valence-electron chi connectivity index (χ1n) is 8.93. The van der Waals surface area contributed by atoms with Crippen LogP contribution >= 0.6 is 0 Å². The van der Waals surface area contributed by atoms with Crippen LogP contribution in [0.1, 0.15) is 22.6 Å². The molecular formula is C22H20N4. The van der Waals surface area contributed by atoms with E-state index in [1.807, 2.05) is 12.3 Å². The molecule has 0 spiro atoms. The van der Waals surface area contributed by atoms with Gasteiger partial charge >= 0.3 is 0 Å². The van der Waals surface area contributed by atoms with Crippen LogP contribution in [0, 0.1) is 0 Å². The molecule has 1 aliphatic rings. The normalized spacial score (nSPS) is 17.3. The summed E-state index contributed by atoms with van der Waals surface area (Å²) in [6.07, 6.45) is 5.40. The van der Waals surface area contributed by atoms with Crippen LogP contribution in [0.4, 0.5) is 0 Å². The van der Waals surface area contributed by atoms with Gasteiger partial charge in [-0.2, -0.15) is 0 Å². The molecule has 5 rings (SSSR count). The summed E-state index contributed by atoms with van der Waals surface area (Å²) in [6.45, 7) is 2.01. The lowest BCUT2D eigenvalue weighted by Crippen LogP contribution is -2.31. The summed E-state index contributed by atoms with van der Waals surface area (Å²) in [6, 6.07) is 17.6. The number of fused-ring (bicyclic) bond motifs is 2. The maximum atomic E-state index is 4.39. The maximum absolute atomic E-state index is 4.39. The fourth-order valence-electron chi connectivity index (χ4n) is 4.04. The Morgan fingerprint density at radius 2 is 2.04 bits per heavy atom. The first-order valence-corrected chi connectivity index (χ1v) is 8.93. The second kappa shape index (κ2) is 6.07. The number of rotatable bonds is 2. The van der Waals surface area contributed by atoms with Crippen molar-refractivity contribution in [3.05, 3.63) is 83.9 Å². The molecule has 1 atom stereocenters. The zero-order chi connectivity index (χ0) is 17.5. The van der Waals surface area contributed by atoms with Gasteiger partial charge in [-0.3, -0.25) is 0 Å². The van der Waals surface area contributed by atoms with E-state index in [0.717, 1.165) is 24.3 Å². The lowest BCUT2D eigenvalue weighted by Gasteiger charge is -2.33. The standard InChI is InChI=1S/C22H20N4/c1-26-12-18-11-16(22-7-8-23-14-25-22)2-4-19(18)20(13-26)15-3-5-21-17(10-15)6-9-24-21/h2-11,14,20,24H,12-13H2,1H3. The summed E-state index contributed by atoms with van der Waals surface area (Å²) in [5.41, 5.74) is 7.50. The third-order valence-corrected chi connectivity index (χ3v) is 5.31. The van der Waals surface area contributed by atoms with E-state index in [0.29, 0.717) is 5.92 Å². The van der Waals surface area contributed by atoms with Crippen molar-refractivity contribution in [2.45, 2.75) is 12.5 Å². The van der Waals surface area contributed by atoms with Gasteiger partial charge in [0.2, 0.25) is 0 Å². The number of aromatic amines is 1. The van der Waals surface area contributed by atoms with E-state index in [1.54, 1.807) is 12.5 Å². The van der Waals surface area contributed by atoms with Crippen molar-refractivity contribution in [1.29, 1.82) is 0 Å². The average molecular weight is 340 g/mol. The highest BCUT2D eigenvalue weighted by atomic mass is 15.1. The molecular weight excluding hydrogens is 320 g/mol. The summed E-state index contributed by atoms with van der Waals surface area (Å²) in [7, 11) is 2.20. The van der Waals surface area contributed by atoms with Gasteiger partial charge in [-0.25, -0.2) is 9.97 Å². The Bertz CT molecular complexity index is 1070. The molecule has 0 aliphatic carbocycles. The van der Waals surface area contributed by atoms with E-state index in [4.69, 9.17) is 0 Å². The van der Waals surface area contributed by atoms with E-state index >= 15 is 0 Å². The van der Waals surface area contributed by atoms with Crippen molar-refractivity contribution in [3.63, 3.8) is 0 Å². The van der Waals surface area contributed by atoms with Crippen LogP contribution < -0.4 is 0 Å². The SMILES string of the molecule is CN1Cc2cc(-c3ccncn3)ccc2C(c2ccc3[nH]ccc3c2)C1. The van der Waals surface area contributed by atoms with Gasteiger partial charge < -0.3 is 9.88 Å². The third kappa shape index (κ3) is 2.59. The van der Waals surface area contributed by atoms with Crippen LogP contribution in [0.15, 0.2) is 67.3 Å². The molecule has 0 saturated heterocycles. The molecule has 2 aromatic heterocycles. The van der Waals surface area contributed by atoms with Gasteiger partial charge in [0.1, 0.15) is 6.33 Å². The van der Waals surface area contributed by atoms with E-state index in [1.165, 1.54) is 27.6 Å². The Hall–Kier alpha value is -2.98. The molecule has 0 bridgehead atoms. The number of nitrogens with zero attached hydrogens (tertiary/aromatic N) is 3. The molecule has 128 valence electrons. The Kier molecular flexibility index (Phi) is 3.57. The van der Waals surface area contributed by atoms with Crippen LogP contribution in [-0.2, 0) is 6.54 Å². The van der Waals surface area contributed by atoms with Crippen LogP contribution in [0.2, 0.25) is 0 Å². The van der Waals surface area contributed by atoms with Gasteiger partial charge in [-0.05, 0) is 59.5 Å². The molecule has 4 aromatic rings. The number of hydrogen-bond donors (Lipinski definition) is 1. The predicted molar refractivity (Wildman–Crippen MR) is 104 cm³/mol. The fraction of sp³-hybridized carbons (Fsp3) is 0.182. The van der Waals surface area contributed by atoms with Crippen molar-refractivity contribution in [1.82, 2.24) is 19.9 Å². The van der Waals surface area contributed by atoms with Crippen LogP contribution in [0.3, 0.4) is 0 Å². The molecule has 0 amide bonds. The van der Waals surface area contributed by atoms with Gasteiger partial charge in [0.15, 0.2) is 0 Å². The van der Waals surface area contributed by atoms with Crippen LogP contribution in [-0.4, -0.2) is 33.4 Å². The molecule has 0 radical (unpaired) electrons. The van der Waals surface area contributed by atoms with Gasteiger partial charge in [0, 0.05) is 42.5 Å². The Labute approximate surface area is 152 Å². The highest BCUT2D eigenvalue weighted by Gasteiger charge is 2.25. The highest BCUT2D eigenvalue weighted by Crippen LogP contribution is 2.36. The number of H-pyrrole nitrogens is 1. The van der Waals surface area contributed by atoms with Crippen LogP contribution in [0.25, 0.3) is 22.2 Å². The fourth-order valence-corrected chi connectivity index (χ4v) is 4.04. The molecule has 26 heavy (non-hydrogen) atoms. The van der Waals surface area contributed by atoms with Crippen molar-refractivity contribution in [3.8, 4) is 11.3 Å². The van der Waals surface area contributed by atoms with Gasteiger partial charge in [0.25, 0.3) is 0 Å². The highest BCUT2D eigenvalue weighted by molar-refractivity contribution is 5.80. The van der Waals surface area contributed by atoms with Crippen LogP contribution in [0.5, 0.6) is 0 Å². The van der Waals surface area contributed by atoms with Gasteiger partial charge in [0.05, 0.1) is 5.69 Å². The molecule has 4 nitrogen and oxygen atoms in total. The molecule has 4 heteroatoms. The monoisotopic (exact) mass is 340 g/mol. The van der Waals surface area contributed by atoms with Gasteiger partial charge in [-0.1, -0.05) is 18.2 Å². The second-order valence-corrected chi connectivity index (χ2v) is 7.08. The maximum Gasteiger partial charge on any atom is 0.116 e. The Morgan fingerprint density at radius 1 is 1.08 bits per heavy atom. The zero-order valence-electron chi connectivity index (χ0n) is 14.7. The topological polar surface area (TPSA) is 44.8 Å². The van der Waals surface area contributed by atoms with E-state index in [9.17, 15) is 0 Å². The molecule has 2 aromatic carbocycles. The number of likely N-dealkylation sites (N-methyl/N-ethyl adjacent to an activating group) is 1. The van der Waals surface area contributed by atoms with Gasteiger partial charge in [-0.15, -0.1) is 0 Å². The summed E-state index contributed by atoms with van der Waals surface area (Å²) < 4.78 is 0. The molecule has 1 N–H and O–H groups in total.